The lowest BCUT2D eigenvalue weighted by Gasteiger charge is -2.31. The van der Waals surface area contributed by atoms with Crippen LogP contribution >= 0.6 is 0 Å². The molecular weight excluding hydrogens is 398 g/mol. The Morgan fingerprint density at radius 1 is 1.09 bits per heavy atom. The van der Waals surface area contributed by atoms with Crippen molar-refractivity contribution in [2.45, 2.75) is 40.0 Å². The van der Waals surface area contributed by atoms with Crippen LogP contribution < -0.4 is 0 Å². The molecule has 2 heterocycles. The molecule has 0 saturated carbocycles. The Balaban J connectivity index is 1.70. The fraction of sp³-hybridized carbons (Fsp3) is 0.370. The Morgan fingerprint density at radius 3 is 2.44 bits per heavy atom. The van der Waals surface area contributed by atoms with Gasteiger partial charge >= 0.3 is 0 Å². The van der Waals surface area contributed by atoms with Crippen molar-refractivity contribution in [1.82, 2.24) is 14.9 Å². The second-order valence-corrected chi connectivity index (χ2v) is 10.0. The van der Waals surface area contributed by atoms with Gasteiger partial charge in [-0.25, -0.2) is 0 Å². The maximum Gasteiger partial charge on any atom is 0.226 e. The van der Waals surface area contributed by atoms with Crippen molar-refractivity contribution in [3.63, 3.8) is 0 Å². The number of pyridine rings is 1. The van der Waals surface area contributed by atoms with Gasteiger partial charge in [0.25, 0.3) is 0 Å². The number of hydrogen-bond donors (Lipinski definition) is 1. The second-order valence-electron chi connectivity index (χ2n) is 10.0. The van der Waals surface area contributed by atoms with Crippen molar-refractivity contribution in [3.8, 4) is 11.3 Å². The predicted octanol–water partition coefficient (Wildman–Crippen LogP) is 4.92. The van der Waals surface area contributed by atoms with Crippen molar-refractivity contribution in [2.75, 3.05) is 13.6 Å². The zero-order valence-electron chi connectivity index (χ0n) is 19.3. The summed E-state index contributed by atoms with van der Waals surface area (Å²) < 4.78 is 0. The van der Waals surface area contributed by atoms with E-state index in [-0.39, 0.29) is 29.4 Å². The monoisotopic (exact) mass is 429 g/mol. The van der Waals surface area contributed by atoms with Crippen LogP contribution in [0.2, 0.25) is 0 Å². The quantitative estimate of drug-likeness (QED) is 0.626. The summed E-state index contributed by atoms with van der Waals surface area (Å²) in [5.41, 5.74) is 5.77. The Hall–Kier alpha value is -3.21. The van der Waals surface area contributed by atoms with E-state index in [4.69, 9.17) is 0 Å². The minimum atomic E-state index is -0.323. The number of benzene rings is 1. The van der Waals surface area contributed by atoms with Gasteiger partial charge in [0, 0.05) is 62.1 Å². The molecule has 0 aliphatic heterocycles. The summed E-state index contributed by atoms with van der Waals surface area (Å²) >= 11 is 0. The van der Waals surface area contributed by atoms with Gasteiger partial charge in [-0.2, -0.15) is 0 Å². The molecule has 1 unspecified atom stereocenters. The number of fused-ring (bicyclic) bond motifs is 1. The highest BCUT2D eigenvalue weighted by Gasteiger charge is 2.36. The standard InChI is InChI=1S/C27H31N3O2/c1-27(2,3)17-30(4)26(32)20-15-22-24(23(31)16-20)21(14-18-8-6-5-7-9-18)25(29-22)19-10-12-28-13-11-19/h5-13,20,29H,14-17H2,1-4H3. The third kappa shape index (κ3) is 4.67. The van der Waals surface area contributed by atoms with E-state index in [9.17, 15) is 9.59 Å². The van der Waals surface area contributed by atoms with Gasteiger partial charge in [-0.15, -0.1) is 0 Å². The lowest BCUT2D eigenvalue weighted by Crippen LogP contribution is -2.41. The highest BCUT2D eigenvalue weighted by atomic mass is 16.2. The summed E-state index contributed by atoms with van der Waals surface area (Å²) in [7, 11) is 1.84. The fourth-order valence-corrected chi connectivity index (χ4v) is 4.75. The molecule has 0 fully saturated rings. The second kappa shape index (κ2) is 8.73. The molecule has 1 aliphatic rings. The highest BCUT2D eigenvalue weighted by Crippen LogP contribution is 2.36. The summed E-state index contributed by atoms with van der Waals surface area (Å²) in [6.07, 6.45) is 5.00. The van der Waals surface area contributed by atoms with Gasteiger partial charge in [0.05, 0.1) is 11.6 Å². The molecule has 1 amide bonds. The summed E-state index contributed by atoms with van der Waals surface area (Å²) in [6.45, 7) is 7.00. The summed E-state index contributed by atoms with van der Waals surface area (Å²) in [6, 6.07) is 14.1. The first-order chi connectivity index (χ1) is 15.2. The maximum atomic E-state index is 13.4. The number of aromatic nitrogens is 2. The number of rotatable bonds is 5. The predicted molar refractivity (Wildman–Crippen MR) is 127 cm³/mol. The smallest absolute Gasteiger partial charge is 0.226 e. The Morgan fingerprint density at radius 2 is 1.78 bits per heavy atom. The minimum Gasteiger partial charge on any atom is -0.358 e. The van der Waals surface area contributed by atoms with Crippen LogP contribution in [0.5, 0.6) is 0 Å². The number of carbonyl (C=O) groups is 2. The minimum absolute atomic E-state index is 0.0119. The molecule has 5 nitrogen and oxygen atoms in total. The average Bonchev–Trinajstić information content (AvgIpc) is 3.12. The molecule has 1 atom stereocenters. The fourth-order valence-electron chi connectivity index (χ4n) is 4.75. The van der Waals surface area contributed by atoms with Crippen molar-refractivity contribution in [1.29, 1.82) is 0 Å². The van der Waals surface area contributed by atoms with E-state index in [0.29, 0.717) is 19.4 Å². The molecule has 1 N–H and O–H groups in total. The number of hydrogen-bond acceptors (Lipinski definition) is 3. The maximum absolute atomic E-state index is 13.4. The van der Waals surface area contributed by atoms with Crippen molar-refractivity contribution in [3.05, 3.63) is 77.2 Å². The third-order valence-corrected chi connectivity index (χ3v) is 5.97. The van der Waals surface area contributed by atoms with Crippen molar-refractivity contribution >= 4 is 11.7 Å². The SMILES string of the molecule is CN(CC(C)(C)C)C(=O)C1CC(=O)c2c([nH]c(-c3ccncc3)c2Cc2ccccc2)C1. The van der Waals surface area contributed by atoms with Crippen molar-refractivity contribution in [2.24, 2.45) is 11.3 Å². The van der Waals surface area contributed by atoms with Crippen LogP contribution in [0.25, 0.3) is 11.3 Å². The number of nitrogens with one attached hydrogen (secondary N) is 1. The van der Waals surface area contributed by atoms with Crippen LogP contribution in [0.4, 0.5) is 0 Å². The normalized spacial score (nSPS) is 16.0. The van der Waals surface area contributed by atoms with Gasteiger partial charge in [0.2, 0.25) is 5.91 Å². The average molecular weight is 430 g/mol. The van der Waals surface area contributed by atoms with Gasteiger partial charge in [-0.3, -0.25) is 14.6 Å². The first kappa shape index (κ1) is 22.0. The van der Waals surface area contributed by atoms with Gasteiger partial charge in [0.15, 0.2) is 5.78 Å². The van der Waals surface area contributed by atoms with Crippen LogP contribution in [-0.4, -0.2) is 40.2 Å². The molecule has 0 spiro atoms. The van der Waals surface area contributed by atoms with E-state index in [1.165, 1.54) is 0 Å². The lowest BCUT2D eigenvalue weighted by molar-refractivity contribution is -0.135. The van der Waals surface area contributed by atoms with E-state index < -0.39 is 0 Å². The number of nitrogens with zero attached hydrogens (tertiary/aromatic N) is 2. The number of amides is 1. The number of H-pyrrole nitrogens is 1. The van der Waals surface area contributed by atoms with Gasteiger partial charge in [-0.05, 0) is 28.7 Å². The first-order valence-electron chi connectivity index (χ1n) is 11.2. The zero-order chi connectivity index (χ0) is 22.9. The molecular formula is C27H31N3O2. The van der Waals surface area contributed by atoms with E-state index >= 15 is 0 Å². The number of ketones is 1. The lowest BCUT2D eigenvalue weighted by atomic mass is 9.83. The summed E-state index contributed by atoms with van der Waals surface area (Å²) in [5.74, 6) is -0.226. The molecule has 1 aromatic carbocycles. The molecule has 166 valence electrons. The Labute approximate surface area is 189 Å². The van der Waals surface area contributed by atoms with E-state index in [1.807, 2.05) is 37.4 Å². The van der Waals surface area contributed by atoms with Crippen LogP contribution in [0, 0.1) is 11.3 Å². The zero-order valence-corrected chi connectivity index (χ0v) is 19.3. The molecule has 5 heteroatoms. The van der Waals surface area contributed by atoms with Crippen LogP contribution in [0.3, 0.4) is 0 Å². The molecule has 1 aliphatic carbocycles. The Kier molecular flexibility index (Phi) is 6.00. The Bertz CT molecular complexity index is 1110. The van der Waals surface area contributed by atoms with Crippen molar-refractivity contribution < 1.29 is 9.59 Å². The third-order valence-electron chi connectivity index (χ3n) is 5.97. The molecule has 32 heavy (non-hydrogen) atoms. The topological polar surface area (TPSA) is 66.1 Å². The van der Waals surface area contributed by atoms with Gasteiger partial charge < -0.3 is 9.88 Å². The van der Waals surface area contributed by atoms with Crippen LogP contribution in [0.15, 0.2) is 54.9 Å². The number of aromatic amines is 1. The largest absolute Gasteiger partial charge is 0.358 e. The number of Topliss-reactive ketones (excluding diaryl/α,β-unsaturated/α-hetero) is 1. The number of carbonyl (C=O) groups excluding carboxylic acids is 2. The van der Waals surface area contributed by atoms with Crippen LogP contribution in [-0.2, 0) is 17.6 Å². The molecule has 0 saturated heterocycles. The molecule has 0 radical (unpaired) electrons. The highest BCUT2D eigenvalue weighted by molar-refractivity contribution is 6.04. The molecule has 0 bridgehead atoms. The molecule has 2 aromatic heterocycles. The van der Waals surface area contributed by atoms with E-state index in [1.54, 1.807) is 17.3 Å². The molecule has 4 rings (SSSR count). The first-order valence-corrected chi connectivity index (χ1v) is 11.2. The van der Waals surface area contributed by atoms with Gasteiger partial charge in [0.1, 0.15) is 0 Å². The summed E-state index contributed by atoms with van der Waals surface area (Å²) in [5, 5.41) is 0. The molecule has 3 aromatic rings. The van der Waals surface area contributed by atoms with E-state index in [0.717, 1.165) is 33.6 Å². The summed E-state index contributed by atoms with van der Waals surface area (Å²) in [4.78, 5) is 35.9. The van der Waals surface area contributed by atoms with Gasteiger partial charge in [-0.1, -0.05) is 51.1 Å². The van der Waals surface area contributed by atoms with E-state index in [2.05, 4.69) is 42.9 Å². The van der Waals surface area contributed by atoms with Crippen LogP contribution in [0.1, 0.15) is 54.4 Å².